The minimum absolute atomic E-state index is 0.0413. The number of carboxylic acids is 2. The quantitative estimate of drug-likeness (QED) is 0.0247. The normalized spacial score (nSPS) is 44.1. The van der Waals surface area contributed by atoms with Crippen molar-refractivity contribution in [3.8, 4) is 0 Å². The predicted molar refractivity (Wildman–Crippen MR) is 246 cm³/mol. The van der Waals surface area contributed by atoms with Crippen LogP contribution >= 0.6 is 0 Å². The van der Waals surface area contributed by atoms with E-state index in [4.69, 9.17) is 47.4 Å². The summed E-state index contributed by atoms with van der Waals surface area (Å²) in [4.78, 5) is 63.2. The summed E-state index contributed by atoms with van der Waals surface area (Å²) in [7, 11) is 0. The molecule has 78 heavy (non-hydrogen) atoms. The zero-order chi connectivity index (χ0) is 56.9. The van der Waals surface area contributed by atoms with E-state index in [1.165, 1.54) is 6.08 Å². The van der Waals surface area contributed by atoms with Gasteiger partial charge in [0.05, 0.1) is 62.0 Å². The Kier molecular flexibility index (Phi) is 21.7. The molecule has 7 fully saturated rings. The zero-order valence-corrected chi connectivity index (χ0v) is 42.0. The lowest BCUT2D eigenvalue weighted by molar-refractivity contribution is -0.371. The number of rotatable bonds is 19. The van der Waals surface area contributed by atoms with E-state index in [1.807, 2.05) is 0 Å². The van der Waals surface area contributed by atoms with Crippen molar-refractivity contribution in [3.63, 3.8) is 0 Å². The van der Waals surface area contributed by atoms with Crippen LogP contribution in [0, 0.1) is 17.8 Å². The second-order valence-electron chi connectivity index (χ2n) is 21.0. The second-order valence-corrected chi connectivity index (χ2v) is 21.0. The Morgan fingerprint density at radius 2 is 1.19 bits per heavy atom. The molecule has 7 rings (SSSR count). The van der Waals surface area contributed by atoms with Crippen LogP contribution in [0.2, 0.25) is 0 Å². The van der Waals surface area contributed by atoms with Crippen LogP contribution in [0.4, 0.5) is 0 Å². The minimum atomic E-state index is -2.73. The molecule has 0 bridgehead atoms. The number of hydrogen-bond acceptors (Lipinski definition) is 28. The molecule has 4 saturated heterocycles. The molecule has 30 heteroatoms. The number of carbonyl (C=O) groups is 5. The molecule has 0 spiro atoms. The number of fused-ring (bicyclic) bond motifs is 1. The number of esters is 3. The average molecular weight is 1130 g/mol. The van der Waals surface area contributed by atoms with Gasteiger partial charge < -0.3 is 124 Å². The van der Waals surface area contributed by atoms with E-state index in [-0.39, 0.29) is 44.4 Å². The van der Waals surface area contributed by atoms with Crippen molar-refractivity contribution >= 4 is 29.8 Å². The minimum Gasteiger partial charge on any atom is -0.478 e. The fourth-order valence-corrected chi connectivity index (χ4v) is 11.1. The number of allylic oxidation sites excluding steroid dienone is 1. The highest BCUT2D eigenvalue weighted by Crippen LogP contribution is 2.44. The van der Waals surface area contributed by atoms with Gasteiger partial charge in [-0.15, -0.1) is 0 Å². The van der Waals surface area contributed by atoms with Crippen molar-refractivity contribution in [2.75, 3.05) is 19.8 Å². The van der Waals surface area contributed by atoms with Gasteiger partial charge in [0.1, 0.15) is 80.2 Å². The van der Waals surface area contributed by atoms with Gasteiger partial charge in [0.25, 0.3) is 0 Å². The maximum atomic E-state index is 13.0. The highest BCUT2D eigenvalue weighted by atomic mass is 16.8. The molecular formula is C48H72O30. The standard InChI is InChI=1S/C48H72O30/c49-14-28-34(59)36(61)39(64)47(74-28)72-25-7-1-17(9-23(25)53)2-8-30(55)76-42(44(65)66)43(45(67)68)77-32(57)13-31(56)69-16-29-35(60)37(62)41(78-46-38(63)33(58)24(54)15-70-46)48(75-29)73-27-12-21-22(52)10-20(51)11-26(21)71-40(27)18-3-5-19(50)6-4-18/h2,8,17-29,33-43,46-54,58-64H,1,3-7,9-16H2,(H,65,66)(H,67,68)/t17?,18?,19?,20?,21?,22?,23?,24-,25?,26?,27?,28-,29-,33+,34-,35+,36+,37+,38-,39-,40?,41-,42+,43-,46+,47-,48-/m1/s1. The zero-order valence-electron chi connectivity index (χ0n) is 42.0. The fourth-order valence-electron chi connectivity index (χ4n) is 11.1. The van der Waals surface area contributed by atoms with Crippen LogP contribution < -0.4 is 0 Å². The first-order valence-corrected chi connectivity index (χ1v) is 26.0. The molecular weight excluding hydrogens is 1060 g/mol. The van der Waals surface area contributed by atoms with Gasteiger partial charge in [-0.25, -0.2) is 14.4 Å². The first-order valence-electron chi connectivity index (χ1n) is 26.0. The van der Waals surface area contributed by atoms with Gasteiger partial charge in [0.15, 0.2) is 18.9 Å². The maximum Gasteiger partial charge on any atom is 0.349 e. The molecule has 444 valence electrons. The summed E-state index contributed by atoms with van der Waals surface area (Å²) in [6.45, 7) is -2.19. The Morgan fingerprint density at radius 1 is 0.551 bits per heavy atom. The molecule has 7 aliphatic rings. The SMILES string of the molecule is O=C(C=CC1CCC(O[C@@H]2O[C@H](CO)[C@@H](O)[C@H](O)[C@H]2O)C(O)C1)O[C@H](C(=O)O)[C@@H](OC(=O)CC(=O)OC[C@H]1O[C@@H](OC2CC3C(O)CC(O)CC3OC2C2CCC(O)CC2)[C@H](O[C@@H]2OC[C@@H](O)[C@H](O)[C@H]2O)[C@@H](O)[C@H]1O)C(=O)O. The molecule has 30 nitrogen and oxygen atoms in total. The number of carboxylic acid groups (broad SMARTS) is 2. The largest absolute Gasteiger partial charge is 0.478 e. The lowest BCUT2D eigenvalue weighted by Gasteiger charge is -2.51. The van der Waals surface area contributed by atoms with E-state index in [1.54, 1.807) is 0 Å². The molecule has 15 N–H and O–H groups in total. The van der Waals surface area contributed by atoms with Crippen molar-refractivity contribution in [1.29, 1.82) is 0 Å². The van der Waals surface area contributed by atoms with Crippen molar-refractivity contribution in [2.45, 2.75) is 218 Å². The van der Waals surface area contributed by atoms with Crippen molar-refractivity contribution in [1.82, 2.24) is 0 Å². The fraction of sp³-hybridized carbons (Fsp3) is 0.854. The van der Waals surface area contributed by atoms with E-state index < -0.39 is 215 Å². The Labute approximate surface area is 444 Å². The highest BCUT2D eigenvalue weighted by molar-refractivity contribution is 5.94. The van der Waals surface area contributed by atoms with Crippen LogP contribution in [0.3, 0.4) is 0 Å². The van der Waals surface area contributed by atoms with E-state index in [2.05, 4.69) is 0 Å². The van der Waals surface area contributed by atoms with Gasteiger partial charge >= 0.3 is 29.8 Å². The molecule has 9 unspecified atom stereocenters. The average Bonchev–Trinajstić information content (AvgIpc) is 3.49. The van der Waals surface area contributed by atoms with Gasteiger partial charge in [-0.2, -0.15) is 0 Å². The molecule has 0 radical (unpaired) electrons. The number of aliphatic hydroxyl groups is 13. The topological polar surface area (TPSA) is 481 Å². The Hall–Kier alpha value is -3.71. The second kappa shape index (κ2) is 27.4. The Balaban J connectivity index is 0.956. The Morgan fingerprint density at radius 3 is 1.86 bits per heavy atom. The lowest BCUT2D eigenvalue weighted by atomic mass is 9.73. The van der Waals surface area contributed by atoms with Crippen LogP contribution in [0.5, 0.6) is 0 Å². The van der Waals surface area contributed by atoms with Crippen molar-refractivity contribution < 1.29 is 148 Å². The lowest BCUT2D eigenvalue weighted by Crippen LogP contribution is -2.65. The van der Waals surface area contributed by atoms with Gasteiger partial charge in [0.2, 0.25) is 12.2 Å². The summed E-state index contributed by atoms with van der Waals surface area (Å²) in [6, 6.07) is 0. The van der Waals surface area contributed by atoms with Crippen LogP contribution in [0.15, 0.2) is 12.2 Å². The summed E-state index contributed by atoms with van der Waals surface area (Å²) < 4.78 is 56.0. The first kappa shape index (κ1) is 61.9. The third kappa shape index (κ3) is 15.0. The Bertz CT molecular complexity index is 2040. The van der Waals surface area contributed by atoms with Gasteiger partial charge in [0, 0.05) is 12.0 Å². The third-order valence-electron chi connectivity index (χ3n) is 15.5. The maximum absolute atomic E-state index is 13.0. The highest BCUT2D eigenvalue weighted by Gasteiger charge is 2.54. The molecule has 0 aromatic heterocycles. The number of hydrogen-bond donors (Lipinski definition) is 15. The van der Waals surface area contributed by atoms with Crippen LogP contribution in [-0.4, -0.2) is 273 Å². The van der Waals surface area contributed by atoms with E-state index in [0.717, 1.165) is 6.08 Å². The summed E-state index contributed by atoms with van der Waals surface area (Å²) in [5.41, 5.74) is 0. The molecule has 0 aromatic rings. The van der Waals surface area contributed by atoms with Gasteiger partial charge in [-0.3, -0.25) is 9.59 Å². The van der Waals surface area contributed by atoms with E-state index in [9.17, 15) is 101 Å². The predicted octanol–water partition coefficient (Wildman–Crippen LogP) is -6.69. The molecule has 0 amide bonds. The third-order valence-corrected chi connectivity index (χ3v) is 15.5. The van der Waals surface area contributed by atoms with Crippen LogP contribution in [0.25, 0.3) is 0 Å². The monoisotopic (exact) mass is 1130 g/mol. The molecule has 0 aromatic carbocycles. The summed E-state index contributed by atoms with van der Waals surface area (Å²) in [5.74, 6) is -10.1. The molecule has 4 heterocycles. The van der Waals surface area contributed by atoms with Crippen molar-refractivity contribution in [2.24, 2.45) is 17.8 Å². The van der Waals surface area contributed by atoms with Crippen molar-refractivity contribution in [3.05, 3.63) is 12.2 Å². The first-order chi connectivity index (χ1) is 36.9. The molecule has 3 aliphatic carbocycles. The van der Waals surface area contributed by atoms with Gasteiger partial charge in [-0.05, 0) is 76.0 Å². The van der Waals surface area contributed by atoms with Crippen LogP contribution in [0.1, 0.15) is 70.6 Å². The smallest absolute Gasteiger partial charge is 0.349 e. The summed E-state index contributed by atoms with van der Waals surface area (Å²) in [5, 5.41) is 156. The number of carbonyl (C=O) groups excluding carboxylic acids is 3. The number of aliphatic carboxylic acids is 2. The van der Waals surface area contributed by atoms with Gasteiger partial charge in [-0.1, -0.05) is 6.08 Å². The molecule has 3 saturated carbocycles. The molecule has 4 aliphatic heterocycles. The van der Waals surface area contributed by atoms with Crippen LogP contribution in [-0.2, 0) is 71.3 Å². The van der Waals surface area contributed by atoms with E-state index in [0.29, 0.717) is 25.7 Å². The number of ether oxygens (including phenoxy) is 10. The number of aliphatic hydroxyl groups excluding tert-OH is 13. The summed E-state index contributed by atoms with van der Waals surface area (Å²) >= 11 is 0. The summed E-state index contributed by atoms with van der Waals surface area (Å²) in [6.07, 6.45) is -33.5. The van der Waals surface area contributed by atoms with E-state index >= 15 is 0 Å². The molecule has 25 atom stereocenters.